The van der Waals surface area contributed by atoms with Gasteiger partial charge in [0.1, 0.15) is 0 Å². The van der Waals surface area contributed by atoms with Crippen molar-refractivity contribution < 1.29 is 8.42 Å². The molecule has 0 fully saturated rings. The van der Waals surface area contributed by atoms with E-state index < -0.39 is 10.0 Å². The minimum Gasteiger partial charge on any atom is -0.200 e. The Labute approximate surface area is 126 Å². The predicted octanol–water partition coefficient (Wildman–Crippen LogP) is 3.15. The molecule has 0 saturated heterocycles. The van der Waals surface area contributed by atoms with Crippen LogP contribution in [-0.4, -0.2) is 14.1 Å². The maximum absolute atomic E-state index is 12.0. The number of hydrogen-bond donors (Lipinski definition) is 1. The molecule has 0 atom stereocenters. The van der Waals surface area contributed by atoms with E-state index in [2.05, 4.69) is 25.9 Å². The lowest BCUT2D eigenvalue weighted by molar-refractivity contribution is 0.584. The number of nitrogens with one attached hydrogen (secondary N) is 1. The van der Waals surface area contributed by atoms with Crippen molar-refractivity contribution in [1.29, 1.82) is 0 Å². The molecule has 0 aliphatic carbocycles. The molecular weight excluding hydrogens is 340 g/mol. The standard InChI is InChI=1S/C14H13BrN2O2S/c1-11(12-5-3-2-4-6-12)16-17-20(18,19)14-9-7-13(15)8-10-14/h2-10,17H,1H3. The normalized spacial score (nSPS) is 12.2. The maximum atomic E-state index is 12.0. The van der Waals surface area contributed by atoms with E-state index >= 15 is 0 Å². The van der Waals surface area contributed by atoms with Crippen molar-refractivity contribution in [1.82, 2.24) is 4.83 Å². The van der Waals surface area contributed by atoms with Gasteiger partial charge < -0.3 is 0 Å². The summed E-state index contributed by atoms with van der Waals surface area (Å²) in [6.07, 6.45) is 0. The average molecular weight is 353 g/mol. The monoisotopic (exact) mass is 352 g/mol. The van der Waals surface area contributed by atoms with Crippen molar-refractivity contribution in [2.24, 2.45) is 5.10 Å². The Balaban J connectivity index is 2.19. The van der Waals surface area contributed by atoms with E-state index in [0.29, 0.717) is 5.71 Å². The minimum atomic E-state index is -3.64. The second-order valence-electron chi connectivity index (χ2n) is 4.11. The molecule has 2 aromatic carbocycles. The zero-order valence-electron chi connectivity index (χ0n) is 10.7. The number of benzene rings is 2. The molecule has 6 heteroatoms. The topological polar surface area (TPSA) is 58.5 Å². The predicted molar refractivity (Wildman–Crippen MR) is 83.1 cm³/mol. The van der Waals surface area contributed by atoms with Crippen LogP contribution in [0.2, 0.25) is 0 Å². The van der Waals surface area contributed by atoms with Crippen LogP contribution < -0.4 is 4.83 Å². The molecule has 0 aromatic heterocycles. The summed E-state index contributed by atoms with van der Waals surface area (Å²) in [4.78, 5) is 2.41. The molecule has 20 heavy (non-hydrogen) atoms. The Hall–Kier alpha value is -1.66. The van der Waals surface area contributed by atoms with Crippen molar-refractivity contribution in [2.45, 2.75) is 11.8 Å². The summed E-state index contributed by atoms with van der Waals surface area (Å²) in [5.41, 5.74) is 1.47. The van der Waals surface area contributed by atoms with Gasteiger partial charge in [-0.25, -0.2) is 0 Å². The van der Waals surface area contributed by atoms with Crippen molar-refractivity contribution in [3.63, 3.8) is 0 Å². The van der Waals surface area contributed by atoms with Crippen molar-refractivity contribution in [3.8, 4) is 0 Å². The first-order valence-electron chi connectivity index (χ1n) is 5.86. The van der Waals surface area contributed by atoms with E-state index in [4.69, 9.17) is 0 Å². The third-order valence-electron chi connectivity index (χ3n) is 2.65. The van der Waals surface area contributed by atoms with E-state index in [1.165, 1.54) is 12.1 Å². The van der Waals surface area contributed by atoms with Crippen LogP contribution in [0, 0.1) is 0 Å². The summed E-state index contributed by atoms with van der Waals surface area (Å²) < 4.78 is 24.9. The van der Waals surface area contributed by atoms with Crippen LogP contribution in [0.1, 0.15) is 12.5 Å². The fourth-order valence-electron chi connectivity index (χ4n) is 1.54. The molecule has 0 bridgehead atoms. The van der Waals surface area contributed by atoms with Gasteiger partial charge in [-0.1, -0.05) is 46.3 Å². The summed E-state index contributed by atoms with van der Waals surface area (Å²) in [6, 6.07) is 15.7. The van der Waals surface area contributed by atoms with Gasteiger partial charge in [-0.2, -0.15) is 18.4 Å². The third-order valence-corrected chi connectivity index (χ3v) is 4.40. The zero-order valence-corrected chi connectivity index (χ0v) is 13.1. The molecule has 0 saturated carbocycles. The summed E-state index contributed by atoms with van der Waals surface area (Å²) in [5.74, 6) is 0. The van der Waals surface area contributed by atoms with Crippen LogP contribution >= 0.6 is 15.9 Å². The van der Waals surface area contributed by atoms with Gasteiger partial charge >= 0.3 is 0 Å². The number of nitrogens with zero attached hydrogens (tertiary/aromatic N) is 1. The smallest absolute Gasteiger partial charge is 0.200 e. The molecule has 4 nitrogen and oxygen atoms in total. The van der Waals surface area contributed by atoms with E-state index in [9.17, 15) is 8.42 Å². The highest BCUT2D eigenvalue weighted by Crippen LogP contribution is 2.14. The molecule has 2 aromatic rings. The highest BCUT2D eigenvalue weighted by atomic mass is 79.9. The largest absolute Gasteiger partial charge is 0.276 e. The molecular formula is C14H13BrN2O2S. The van der Waals surface area contributed by atoms with Gasteiger partial charge in [-0.15, -0.1) is 0 Å². The fraction of sp³-hybridized carbons (Fsp3) is 0.0714. The summed E-state index contributed by atoms with van der Waals surface area (Å²) in [6.45, 7) is 1.75. The van der Waals surface area contributed by atoms with E-state index in [1.807, 2.05) is 30.3 Å². The number of hydrogen-bond acceptors (Lipinski definition) is 3. The molecule has 0 aliphatic heterocycles. The number of rotatable bonds is 4. The Kier molecular flexibility index (Phi) is 4.57. The number of sulfonamides is 1. The Bertz CT molecular complexity index is 711. The quantitative estimate of drug-likeness (QED) is 0.678. The van der Waals surface area contributed by atoms with Gasteiger partial charge in [0.2, 0.25) is 0 Å². The van der Waals surface area contributed by atoms with E-state index in [0.717, 1.165) is 10.0 Å². The SMILES string of the molecule is CC(=NNS(=O)(=O)c1ccc(Br)cc1)c1ccccc1. The first-order chi connectivity index (χ1) is 9.49. The van der Waals surface area contributed by atoms with Gasteiger partial charge in [-0.05, 0) is 36.8 Å². The molecule has 104 valence electrons. The third kappa shape index (κ3) is 3.68. The Morgan fingerprint density at radius 2 is 1.65 bits per heavy atom. The lowest BCUT2D eigenvalue weighted by Gasteiger charge is -2.05. The Morgan fingerprint density at radius 1 is 1.05 bits per heavy atom. The van der Waals surface area contributed by atoms with Crippen LogP contribution in [-0.2, 0) is 10.0 Å². The highest BCUT2D eigenvalue weighted by molar-refractivity contribution is 9.10. The summed E-state index contributed by atoms with van der Waals surface area (Å²) in [5, 5.41) is 3.93. The van der Waals surface area contributed by atoms with Gasteiger partial charge in [0.05, 0.1) is 10.6 Å². The molecule has 1 N–H and O–H groups in total. The van der Waals surface area contributed by atoms with Crippen LogP contribution in [0.4, 0.5) is 0 Å². The molecule has 0 amide bonds. The van der Waals surface area contributed by atoms with Gasteiger partial charge in [0.15, 0.2) is 0 Å². The fourth-order valence-corrected chi connectivity index (χ4v) is 2.66. The summed E-state index contributed by atoms with van der Waals surface area (Å²) >= 11 is 3.26. The van der Waals surface area contributed by atoms with Gasteiger partial charge in [-0.3, -0.25) is 0 Å². The van der Waals surface area contributed by atoms with Gasteiger partial charge in [0, 0.05) is 4.47 Å². The van der Waals surface area contributed by atoms with Crippen molar-refractivity contribution in [3.05, 3.63) is 64.6 Å². The number of halogens is 1. The highest BCUT2D eigenvalue weighted by Gasteiger charge is 2.12. The maximum Gasteiger partial charge on any atom is 0.276 e. The molecule has 0 unspecified atom stereocenters. The van der Waals surface area contributed by atoms with Gasteiger partial charge in [0.25, 0.3) is 10.0 Å². The van der Waals surface area contributed by atoms with E-state index in [1.54, 1.807) is 19.1 Å². The van der Waals surface area contributed by atoms with Crippen LogP contribution in [0.15, 0.2) is 69.1 Å². The average Bonchev–Trinajstić information content (AvgIpc) is 2.46. The Morgan fingerprint density at radius 3 is 2.25 bits per heavy atom. The van der Waals surface area contributed by atoms with Crippen LogP contribution in [0.5, 0.6) is 0 Å². The lowest BCUT2D eigenvalue weighted by Crippen LogP contribution is -2.19. The van der Waals surface area contributed by atoms with Crippen molar-refractivity contribution in [2.75, 3.05) is 0 Å². The van der Waals surface area contributed by atoms with E-state index in [-0.39, 0.29) is 4.90 Å². The zero-order chi connectivity index (χ0) is 14.6. The van der Waals surface area contributed by atoms with Crippen LogP contribution in [0.25, 0.3) is 0 Å². The molecule has 0 heterocycles. The van der Waals surface area contributed by atoms with Crippen molar-refractivity contribution >= 4 is 31.7 Å². The first kappa shape index (κ1) is 14.7. The minimum absolute atomic E-state index is 0.172. The second-order valence-corrected chi connectivity index (χ2v) is 6.69. The molecule has 2 rings (SSSR count). The molecule has 0 aliphatic rings. The lowest BCUT2D eigenvalue weighted by atomic mass is 10.1. The second kappa shape index (κ2) is 6.19. The molecule has 0 spiro atoms. The number of hydrazone groups is 1. The van der Waals surface area contributed by atoms with Crippen LogP contribution in [0.3, 0.4) is 0 Å². The molecule has 0 radical (unpaired) electrons. The summed E-state index contributed by atoms with van der Waals surface area (Å²) in [7, 11) is -3.64. The first-order valence-corrected chi connectivity index (χ1v) is 8.14.